The van der Waals surface area contributed by atoms with Crippen LogP contribution >= 0.6 is 31.9 Å². The molecule has 1 unspecified atom stereocenters. The van der Waals surface area contributed by atoms with Gasteiger partial charge in [-0.1, -0.05) is 39.0 Å². The van der Waals surface area contributed by atoms with Crippen molar-refractivity contribution >= 4 is 31.9 Å². The lowest BCUT2D eigenvalue weighted by molar-refractivity contribution is 0.158. The van der Waals surface area contributed by atoms with Crippen LogP contribution in [-0.2, 0) is 0 Å². The van der Waals surface area contributed by atoms with Crippen LogP contribution in [0.5, 0.6) is 0 Å². The van der Waals surface area contributed by atoms with Gasteiger partial charge in [0.15, 0.2) is 0 Å². The quantitative estimate of drug-likeness (QED) is 0.690. The minimum absolute atomic E-state index is 0.459. The Morgan fingerprint density at radius 2 is 1.94 bits per heavy atom. The molecular weight excluding hydrogens is 346 g/mol. The van der Waals surface area contributed by atoms with E-state index in [1.807, 2.05) is 6.07 Å². The molecule has 0 aliphatic rings. The molecule has 0 aliphatic carbocycles. The van der Waals surface area contributed by atoms with Gasteiger partial charge in [-0.15, -0.1) is 0 Å². The Hall–Kier alpha value is 0.0700. The third-order valence-corrected chi connectivity index (χ3v) is 3.80. The maximum atomic E-state index is 10.0. The van der Waals surface area contributed by atoms with Crippen molar-refractivity contribution in [1.82, 2.24) is 4.98 Å². The molecule has 1 N–H and O–H groups in total. The van der Waals surface area contributed by atoms with Gasteiger partial charge >= 0.3 is 0 Å². The van der Waals surface area contributed by atoms with E-state index in [-0.39, 0.29) is 0 Å². The summed E-state index contributed by atoms with van der Waals surface area (Å²) in [6.45, 7) is 2.21. The van der Waals surface area contributed by atoms with Crippen LogP contribution in [0.3, 0.4) is 0 Å². The summed E-state index contributed by atoms with van der Waals surface area (Å²) in [6, 6.07) is 1.92. The van der Waals surface area contributed by atoms with Crippen LogP contribution in [0.15, 0.2) is 21.2 Å². The number of aliphatic hydroxyl groups excluding tert-OH is 1. The molecule has 1 heterocycles. The molecule has 2 nitrogen and oxygen atoms in total. The second kappa shape index (κ2) is 8.22. The molecule has 1 rings (SSSR count). The van der Waals surface area contributed by atoms with Crippen LogP contribution in [0.2, 0.25) is 0 Å². The molecule has 0 aromatic carbocycles. The molecule has 0 amide bonds. The SMILES string of the molecule is CCCCCCCC(O)c1ncc(Br)cc1Br. The van der Waals surface area contributed by atoms with Crippen molar-refractivity contribution in [2.75, 3.05) is 0 Å². The molecule has 96 valence electrons. The van der Waals surface area contributed by atoms with E-state index in [4.69, 9.17) is 0 Å². The molecule has 0 bridgehead atoms. The maximum Gasteiger partial charge on any atom is 0.0971 e. The van der Waals surface area contributed by atoms with Gasteiger partial charge in [-0.05, 0) is 44.3 Å². The molecule has 4 heteroatoms. The number of hydrogen-bond acceptors (Lipinski definition) is 2. The molecule has 0 saturated carbocycles. The summed E-state index contributed by atoms with van der Waals surface area (Å²) in [6.07, 6.45) is 8.11. The van der Waals surface area contributed by atoms with E-state index >= 15 is 0 Å². The van der Waals surface area contributed by atoms with E-state index in [2.05, 4.69) is 43.8 Å². The molecule has 17 heavy (non-hydrogen) atoms. The molecule has 0 spiro atoms. The lowest BCUT2D eigenvalue weighted by Crippen LogP contribution is -2.01. The monoisotopic (exact) mass is 363 g/mol. The standard InChI is InChI=1S/C13H19Br2NO/c1-2-3-4-5-6-7-12(17)13-11(15)8-10(14)9-16-13/h8-9,12,17H,2-7H2,1H3. The first kappa shape index (κ1) is 15.1. The van der Waals surface area contributed by atoms with E-state index < -0.39 is 6.10 Å². The number of nitrogens with zero attached hydrogens (tertiary/aromatic N) is 1. The van der Waals surface area contributed by atoms with E-state index in [0.29, 0.717) is 0 Å². The van der Waals surface area contributed by atoms with Crippen molar-refractivity contribution < 1.29 is 5.11 Å². The highest BCUT2D eigenvalue weighted by atomic mass is 79.9. The second-order valence-electron chi connectivity index (χ2n) is 4.24. The van der Waals surface area contributed by atoms with E-state index in [9.17, 15) is 5.11 Å². The molecule has 0 fully saturated rings. The lowest BCUT2D eigenvalue weighted by atomic mass is 10.1. The number of unbranched alkanes of at least 4 members (excludes halogenated alkanes) is 4. The van der Waals surface area contributed by atoms with Crippen LogP contribution in [0.1, 0.15) is 57.2 Å². The average molecular weight is 365 g/mol. The third kappa shape index (κ3) is 5.49. The molecule has 1 aromatic rings. The van der Waals surface area contributed by atoms with Gasteiger partial charge in [-0.25, -0.2) is 0 Å². The number of aliphatic hydroxyl groups is 1. The molecule has 0 saturated heterocycles. The first-order valence-corrected chi connectivity index (χ1v) is 7.72. The Kier molecular flexibility index (Phi) is 7.32. The van der Waals surface area contributed by atoms with E-state index in [1.165, 1.54) is 25.7 Å². The van der Waals surface area contributed by atoms with Gasteiger partial charge in [0.05, 0.1) is 11.8 Å². The van der Waals surface area contributed by atoms with Gasteiger partial charge in [0, 0.05) is 15.1 Å². The number of rotatable bonds is 7. The molecular formula is C13H19Br2NO. The molecule has 0 aliphatic heterocycles. The zero-order valence-corrected chi connectivity index (χ0v) is 13.3. The van der Waals surface area contributed by atoms with Crippen molar-refractivity contribution in [3.63, 3.8) is 0 Å². The highest BCUT2D eigenvalue weighted by molar-refractivity contribution is 9.11. The van der Waals surface area contributed by atoms with Crippen LogP contribution in [-0.4, -0.2) is 10.1 Å². The Morgan fingerprint density at radius 3 is 2.59 bits per heavy atom. The van der Waals surface area contributed by atoms with Gasteiger partial charge < -0.3 is 5.11 Å². The van der Waals surface area contributed by atoms with Crippen molar-refractivity contribution in [2.45, 2.75) is 51.6 Å². The van der Waals surface area contributed by atoms with Gasteiger partial charge in [-0.3, -0.25) is 4.98 Å². The normalized spacial score (nSPS) is 12.7. The third-order valence-electron chi connectivity index (χ3n) is 2.73. The second-order valence-corrected chi connectivity index (χ2v) is 6.01. The van der Waals surface area contributed by atoms with Crippen LogP contribution in [0, 0.1) is 0 Å². The first-order chi connectivity index (χ1) is 8.15. The Balaban J connectivity index is 2.38. The van der Waals surface area contributed by atoms with Crippen LogP contribution < -0.4 is 0 Å². The largest absolute Gasteiger partial charge is 0.387 e. The van der Waals surface area contributed by atoms with Gasteiger partial charge in [0.2, 0.25) is 0 Å². The fourth-order valence-corrected chi connectivity index (χ4v) is 3.00. The zero-order chi connectivity index (χ0) is 12.7. The highest BCUT2D eigenvalue weighted by Crippen LogP contribution is 2.27. The Labute approximate surface area is 120 Å². The minimum Gasteiger partial charge on any atom is -0.387 e. The van der Waals surface area contributed by atoms with Gasteiger partial charge in [0.25, 0.3) is 0 Å². The van der Waals surface area contributed by atoms with E-state index in [1.54, 1.807) is 6.20 Å². The summed E-state index contributed by atoms with van der Waals surface area (Å²) in [5, 5.41) is 10.0. The van der Waals surface area contributed by atoms with E-state index in [0.717, 1.165) is 27.5 Å². The van der Waals surface area contributed by atoms with Gasteiger partial charge in [0.1, 0.15) is 0 Å². The van der Waals surface area contributed by atoms with Crippen LogP contribution in [0.4, 0.5) is 0 Å². The molecule has 1 aromatic heterocycles. The Morgan fingerprint density at radius 1 is 1.24 bits per heavy atom. The summed E-state index contributed by atoms with van der Waals surface area (Å²) in [4.78, 5) is 4.25. The fourth-order valence-electron chi connectivity index (χ4n) is 1.75. The number of hydrogen-bond donors (Lipinski definition) is 1. The predicted molar refractivity (Wildman–Crippen MR) is 78.0 cm³/mol. The predicted octanol–water partition coefficient (Wildman–Crippen LogP) is 5.00. The van der Waals surface area contributed by atoms with Crippen LogP contribution in [0.25, 0.3) is 0 Å². The summed E-state index contributed by atoms with van der Waals surface area (Å²) in [5.41, 5.74) is 0.740. The maximum absolute atomic E-state index is 10.0. The van der Waals surface area contributed by atoms with Crippen molar-refractivity contribution in [3.05, 3.63) is 26.9 Å². The Bertz CT molecular complexity index is 344. The summed E-state index contributed by atoms with van der Waals surface area (Å²) in [5.74, 6) is 0. The molecule has 1 atom stereocenters. The highest BCUT2D eigenvalue weighted by Gasteiger charge is 2.12. The zero-order valence-electron chi connectivity index (χ0n) is 10.1. The molecule has 0 radical (unpaired) electrons. The van der Waals surface area contributed by atoms with Crippen molar-refractivity contribution in [2.24, 2.45) is 0 Å². The number of aromatic nitrogens is 1. The number of halogens is 2. The summed E-state index contributed by atoms with van der Waals surface area (Å²) >= 11 is 6.78. The van der Waals surface area contributed by atoms with Crippen molar-refractivity contribution in [1.29, 1.82) is 0 Å². The first-order valence-electron chi connectivity index (χ1n) is 6.14. The summed E-state index contributed by atoms with van der Waals surface area (Å²) < 4.78 is 1.79. The minimum atomic E-state index is -0.459. The number of pyridine rings is 1. The lowest BCUT2D eigenvalue weighted by Gasteiger charge is -2.11. The van der Waals surface area contributed by atoms with Crippen molar-refractivity contribution in [3.8, 4) is 0 Å². The fraction of sp³-hybridized carbons (Fsp3) is 0.615. The average Bonchev–Trinajstić information content (AvgIpc) is 2.28. The summed E-state index contributed by atoms with van der Waals surface area (Å²) in [7, 11) is 0. The van der Waals surface area contributed by atoms with Gasteiger partial charge in [-0.2, -0.15) is 0 Å². The topological polar surface area (TPSA) is 33.1 Å². The smallest absolute Gasteiger partial charge is 0.0971 e.